The van der Waals surface area contributed by atoms with Crippen LogP contribution in [0.5, 0.6) is 0 Å². The Morgan fingerprint density at radius 3 is 2.32 bits per heavy atom. The van der Waals surface area contributed by atoms with Crippen molar-refractivity contribution in [1.29, 1.82) is 0 Å². The second-order valence-corrected chi connectivity index (χ2v) is 4.75. The summed E-state index contributed by atoms with van der Waals surface area (Å²) in [6.45, 7) is 12.4. The highest BCUT2D eigenvalue weighted by Crippen LogP contribution is 2.00. The lowest BCUT2D eigenvalue weighted by Crippen LogP contribution is -2.27. The third kappa shape index (κ3) is 12.2. The molecule has 0 bridgehead atoms. The average Bonchev–Trinajstić information content (AvgIpc) is 2.41. The lowest BCUT2D eigenvalue weighted by atomic mass is 10.2. The molecule has 0 unspecified atom stereocenters. The van der Waals surface area contributed by atoms with Crippen LogP contribution >= 0.6 is 0 Å². The average molecular weight is 272 g/mol. The molecule has 114 valence electrons. The summed E-state index contributed by atoms with van der Waals surface area (Å²) < 4.78 is 4.89. The second kappa shape index (κ2) is 13.8. The van der Waals surface area contributed by atoms with Gasteiger partial charge in [-0.15, -0.1) is 0 Å². The van der Waals surface area contributed by atoms with Crippen molar-refractivity contribution in [2.75, 3.05) is 39.3 Å². The molecule has 0 saturated carbocycles. The van der Waals surface area contributed by atoms with Crippen LogP contribution in [0.2, 0.25) is 0 Å². The molecule has 0 rings (SSSR count). The molecule has 4 heteroatoms. The van der Waals surface area contributed by atoms with E-state index in [1.165, 1.54) is 13.0 Å². The van der Waals surface area contributed by atoms with Gasteiger partial charge in [-0.05, 0) is 58.9 Å². The van der Waals surface area contributed by atoms with Crippen molar-refractivity contribution in [2.45, 2.75) is 52.9 Å². The van der Waals surface area contributed by atoms with Crippen LogP contribution in [-0.2, 0) is 9.53 Å². The first-order valence-corrected chi connectivity index (χ1v) is 7.83. The van der Waals surface area contributed by atoms with Crippen molar-refractivity contribution >= 4 is 5.97 Å². The van der Waals surface area contributed by atoms with E-state index in [2.05, 4.69) is 24.1 Å². The van der Waals surface area contributed by atoms with E-state index in [-0.39, 0.29) is 5.97 Å². The maximum Gasteiger partial charge on any atom is 0.305 e. The Morgan fingerprint density at radius 2 is 1.68 bits per heavy atom. The number of nitrogens with zero attached hydrogens (tertiary/aromatic N) is 1. The van der Waals surface area contributed by atoms with Crippen molar-refractivity contribution in [3.63, 3.8) is 0 Å². The van der Waals surface area contributed by atoms with E-state index in [1.807, 2.05) is 6.92 Å². The third-order valence-corrected chi connectivity index (χ3v) is 3.26. The summed E-state index contributed by atoms with van der Waals surface area (Å²) in [6, 6.07) is 0. The first-order chi connectivity index (χ1) is 9.24. The largest absolute Gasteiger partial charge is 0.466 e. The van der Waals surface area contributed by atoms with Gasteiger partial charge in [0.25, 0.3) is 0 Å². The summed E-state index contributed by atoms with van der Waals surface area (Å²) in [5.74, 6) is -0.0605. The van der Waals surface area contributed by atoms with E-state index in [0.29, 0.717) is 13.0 Å². The minimum atomic E-state index is -0.0605. The van der Waals surface area contributed by atoms with Gasteiger partial charge in [0.05, 0.1) is 6.61 Å². The monoisotopic (exact) mass is 272 g/mol. The Balaban J connectivity index is 3.17. The first kappa shape index (κ1) is 18.4. The van der Waals surface area contributed by atoms with Crippen LogP contribution in [0.1, 0.15) is 52.9 Å². The normalized spacial score (nSPS) is 10.9. The van der Waals surface area contributed by atoms with Crippen LogP contribution < -0.4 is 5.32 Å². The highest BCUT2D eigenvalue weighted by Gasteiger charge is 2.00. The lowest BCUT2D eigenvalue weighted by Gasteiger charge is -2.17. The fraction of sp³-hybridized carbons (Fsp3) is 0.933. The Hall–Kier alpha value is -0.610. The predicted octanol–water partition coefficient (Wildman–Crippen LogP) is 2.43. The molecule has 0 aromatic rings. The second-order valence-electron chi connectivity index (χ2n) is 4.75. The van der Waals surface area contributed by atoms with Crippen LogP contribution in [0.25, 0.3) is 0 Å². The molecule has 4 nitrogen and oxygen atoms in total. The van der Waals surface area contributed by atoms with Gasteiger partial charge in [-0.25, -0.2) is 0 Å². The van der Waals surface area contributed by atoms with Crippen molar-refractivity contribution in [3.8, 4) is 0 Å². The molecule has 0 amide bonds. The lowest BCUT2D eigenvalue weighted by molar-refractivity contribution is -0.143. The van der Waals surface area contributed by atoms with E-state index >= 15 is 0 Å². The topological polar surface area (TPSA) is 41.6 Å². The summed E-state index contributed by atoms with van der Waals surface area (Å²) in [5.41, 5.74) is 0. The van der Waals surface area contributed by atoms with E-state index in [4.69, 9.17) is 4.74 Å². The molecule has 0 aliphatic rings. The molecule has 0 aromatic heterocycles. The van der Waals surface area contributed by atoms with Gasteiger partial charge in [-0.3, -0.25) is 4.79 Å². The molecular formula is C15H32N2O2. The number of hydrogen-bond donors (Lipinski definition) is 1. The van der Waals surface area contributed by atoms with Gasteiger partial charge in [-0.2, -0.15) is 0 Å². The number of hydrogen-bond acceptors (Lipinski definition) is 4. The Labute approximate surface area is 118 Å². The molecule has 0 aromatic carbocycles. The van der Waals surface area contributed by atoms with Gasteiger partial charge < -0.3 is 15.0 Å². The zero-order chi connectivity index (χ0) is 14.3. The van der Waals surface area contributed by atoms with Gasteiger partial charge in [0.15, 0.2) is 0 Å². The van der Waals surface area contributed by atoms with Crippen LogP contribution in [0, 0.1) is 0 Å². The highest BCUT2D eigenvalue weighted by molar-refractivity contribution is 5.69. The molecule has 0 saturated heterocycles. The van der Waals surface area contributed by atoms with Crippen molar-refractivity contribution < 1.29 is 9.53 Å². The van der Waals surface area contributed by atoms with Gasteiger partial charge in [0, 0.05) is 6.42 Å². The molecule has 0 heterocycles. The minimum Gasteiger partial charge on any atom is -0.466 e. The van der Waals surface area contributed by atoms with Gasteiger partial charge in [-0.1, -0.05) is 20.3 Å². The number of unbranched alkanes of at least 4 members (excludes halogenated alkanes) is 2. The van der Waals surface area contributed by atoms with E-state index in [9.17, 15) is 4.79 Å². The summed E-state index contributed by atoms with van der Waals surface area (Å²) in [7, 11) is 0. The molecule has 19 heavy (non-hydrogen) atoms. The van der Waals surface area contributed by atoms with Gasteiger partial charge in [0.2, 0.25) is 0 Å². The summed E-state index contributed by atoms with van der Waals surface area (Å²) in [4.78, 5) is 13.5. The number of rotatable bonds is 13. The first-order valence-electron chi connectivity index (χ1n) is 7.83. The maximum absolute atomic E-state index is 11.1. The van der Waals surface area contributed by atoms with Crippen molar-refractivity contribution in [3.05, 3.63) is 0 Å². The number of carbonyl (C=O) groups is 1. The van der Waals surface area contributed by atoms with Gasteiger partial charge >= 0.3 is 5.97 Å². The smallest absolute Gasteiger partial charge is 0.305 e. The fourth-order valence-corrected chi connectivity index (χ4v) is 2.02. The molecule has 0 aliphatic carbocycles. The molecule has 0 atom stereocenters. The predicted molar refractivity (Wildman–Crippen MR) is 80.4 cm³/mol. The third-order valence-electron chi connectivity index (χ3n) is 3.26. The van der Waals surface area contributed by atoms with E-state index < -0.39 is 0 Å². The van der Waals surface area contributed by atoms with E-state index in [1.54, 1.807) is 0 Å². The SMILES string of the molecule is CCOC(=O)CCCCCNCCCN(CC)CC. The zero-order valence-corrected chi connectivity index (χ0v) is 13.0. The highest BCUT2D eigenvalue weighted by atomic mass is 16.5. The summed E-state index contributed by atoms with van der Waals surface area (Å²) >= 11 is 0. The van der Waals surface area contributed by atoms with Crippen LogP contribution in [0.3, 0.4) is 0 Å². The zero-order valence-electron chi connectivity index (χ0n) is 13.0. The Kier molecular flexibility index (Phi) is 13.4. The van der Waals surface area contributed by atoms with Crippen molar-refractivity contribution in [2.24, 2.45) is 0 Å². The standard InChI is InChI=1S/C15H32N2O2/c1-4-17(5-2)14-10-13-16-12-9-7-8-11-15(18)19-6-3/h16H,4-14H2,1-3H3. The quantitative estimate of drug-likeness (QED) is 0.413. The molecular weight excluding hydrogens is 240 g/mol. The fourth-order valence-electron chi connectivity index (χ4n) is 2.02. The number of carbonyl (C=O) groups excluding carboxylic acids is 1. The van der Waals surface area contributed by atoms with Gasteiger partial charge in [0.1, 0.15) is 0 Å². The maximum atomic E-state index is 11.1. The number of ether oxygens (including phenoxy) is 1. The molecule has 0 radical (unpaired) electrons. The van der Waals surface area contributed by atoms with Crippen LogP contribution in [-0.4, -0.2) is 50.2 Å². The summed E-state index contributed by atoms with van der Waals surface area (Å²) in [5, 5.41) is 3.46. The molecule has 0 fully saturated rings. The Bertz CT molecular complexity index is 206. The molecule has 1 N–H and O–H groups in total. The van der Waals surface area contributed by atoms with Crippen LogP contribution in [0.15, 0.2) is 0 Å². The van der Waals surface area contributed by atoms with E-state index in [0.717, 1.165) is 45.4 Å². The van der Waals surface area contributed by atoms with Crippen molar-refractivity contribution in [1.82, 2.24) is 10.2 Å². The van der Waals surface area contributed by atoms with Crippen LogP contribution in [0.4, 0.5) is 0 Å². The minimum absolute atomic E-state index is 0.0605. The number of nitrogens with one attached hydrogen (secondary N) is 1. The Morgan fingerprint density at radius 1 is 1.00 bits per heavy atom. The molecule has 0 aliphatic heterocycles. The molecule has 0 spiro atoms. The number of esters is 1. The summed E-state index contributed by atoms with van der Waals surface area (Å²) in [6.07, 6.45) is 4.97.